The average molecular weight is 1070 g/mol. The van der Waals surface area contributed by atoms with Gasteiger partial charge in [0.2, 0.25) is 0 Å². The van der Waals surface area contributed by atoms with Gasteiger partial charge in [-0.1, -0.05) is 153 Å². The Morgan fingerprint density at radius 1 is 0.444 bits per heavy atom. The minimum atomic E-state index is -0.792. The first-order valence-corrected chi connectivity index (χ1v) is 32.4. The zero-order chi connectivity index (χ0) is 54.7. The van der Waals surface area contributed by atoms with Crippen molar-refractivity contribution in [1.29, 1.82) is 0 Å². The maximum absolute atomic E-state index is 14.7. The Kier molecular flexibility index (Phi) is 11.9. The molecular formula is C76H78O5. The Morgan fingerprint density at radius 2 is 0.840 bits per heavy atom. The predicted octanol–water partition coefficient (Wildman–Crippen LogP) is 19.9. The van der Waals surface area contributed by atoms with Crippen LogP contribution in [-0.4, -0.2) is 22.2 Å². The number of rotatable bonds is 22. The van der Waals surface area contributed by atoms with Crippen molar-refractivity contribution in [2.75, 3.05) is 0 Å². The Bertz CT molecular complexity index is 3960. The molecule has 6 unspecified atom stereocenters. The number of ether oxygens (including phenoxy) is 1. The molecule has 81 heavy (non-hydrogen) atoms. The lowest BCUT2D eigenvalue weighted by Gasteiger charge is -2.43. The Hall–Kier alpha value is -6.30. The molecule has 0 saturated carbocycles. The van der Waals surface area contributed by atoms with E-state index >= 15 is 0 Å². The third-order valence-electron chi connectivity index (χ3n) is 22.3. The second-order valence-electron chi connectivity index (χ2n) is 26.5. The molecule has 2 N–H and O–H groups in total. The van der Waals surface area contributed by atoms with E-state index in [0.717, 1.165) is 101 Å². The van der Waals surface area contributed by atoms with Gasteiger partial charge in [-0.2, -0.15) is 0 Å². The molecule has 2 heterocycles. The molecule has 8 aliphatic rings. The fourth-order valence-electron chi connectivity index (χ4n) is 19.2. The number of aryl methyl sites for hydroxylation is 4. The lowest BCUT2D eigenvalue weighted by atomic mass is 9.62. The minimum Gasteiger partial charge on any atom is -0.481 e. The molecule has 8 aromatic rings. The van der Waals surface area contributed by atoms with E-state index in [9.17, 15) is 19.8 Å². The number of hydrogen-bond acceptors (Lipinski definition) is 4. The van der Waals surface area contributed by atoms with Crippen LogP contribution in [0.5, 0.6) is 0 Å². The SMILES string of the molecule is CCCCCCc1c2c3c(CCCCCC)c4cc5c(cc14)-c1ccc4c6c(ccc-5c16)C1C4[C@H]4OC(=O)C[C@@H]1c1c4c(CCCCCC)c4cc5c(cc4c1CCCCCC)-c1ccc4c6c(ccc-5c16)C(C2O)C4C3CC(=O)O. The predicted molar refractivity (Wildman–Crippen MR) is 330 cm³/mol. The topological polar surface area (TPSA) is 83.8 Å². The van der Waals surface area contributed by atoms with Crippen molar-refractivity contribution in [3.05, 3.63) is 140 Å². The van der Waals surface area contributed by atoms with E-state index in [1.807, 2.05) is 0 Å². The molecule has 8 atom stereocenters. The Morgan fingerprint density at radius 3 is 1.28 bits per heavy atom. The smallest absolute Gasteiger partial charge is 0.307 e. The summed E-state index contributed by atoms with van der Waals surface area (Å²) in [6.07, 6.45) is 21.0. The first kappa shape index (κ1) is 50.4. The lowest BCUT2D eigenvalue weighted by molar-refractivity contribution is -0.148. The summed E-state index contributed by atoms with van der Waals surface area (Å²) in [5.41, 5.74) is 25.6. The van der Waals surface area contributed by atoms with E-state index in [1.165, 1.54) is 182 Å². The standard InChI is InChI=1S/C76H78O5/c1-5-9-13-17-21-39-51-33-55-44-26-30-48-68-50-32-28-46(64(44)68)57(55)35-53(51)41(23-19-15-11-7-3)71-65(39)59(37-61(77)78)69-47-29-25-43-56-34-52-40(22-18-14-10-6-2)66-60-38-62(79)81-76(74(50)70(48)60)73(66)42(24-20-16-12-8-4)54(52)36-58(56)45-27-31-49(67(47)63(43)45)72(69)75(71)80/h25-36,59-60,69-70,72,74-76,80H,5-24,37-38H2,1-4H3,(H,77,78)/t59?,60-,69?,70?,72?,74?,75?,76+/m1/s1. The fraction of sp³-hybridized carbons (Fsp3) is 0.447. The van der Waals surface area contributed by atoms with Gasteiger partial charge < -0.3 is 14.9 Å². The fourth-order valence-corrected chi connectivity index (χ4v) is 19.2. The van der Waals surface area contributed by atoms with Gasteiger partial charge in [-0.05, 0) is 224 Å². The monoisotopic (exact) mass is 1070 g/mol. The highest BCUT2D eigenvalue weighted by molar-refractivity contribution is 6.22. The maximum atomic E-state index is 14.7. The molecule has 16 rings (SSSR count). The van der Waals surface area contributed by atoms with Crippen LogP contribution in [0.4, 0.5) is 0 Å². The highest BCUT2D eigenvalue weighted by Gasteiger charge is 2.56. The van der Waals surface area contributed by atoms with Gasteiger partial charge in [0.1, 0.15) is 6.10 Å². The number of carboxylic acid groups (broad SMARTS) is 1. The van der Waals surface area contributed by atoms with Crippen LogP contribution in [0.3, 0.4) is 0 Å². The molecular weight excluding hydrogens is 993 g/mol. The van der Waals surface area contributed by atoms with Crippen LogP contribution < -0.4 is 0 Å². The summed E-state index contributed by atoms with van der Waals surface area (Å²) >= 11 is 0. The third-order valence-corrected chi connectivity index (χ3v) is 22.3. The van der Waals surface area contributed by atoms with Gasteiger partial charge in [0.25, 0.3) is 0 Å². The van der Waals surface area contributed by atoms with E-state index in [1.54, 1.807) is 0 Å². The first-order valence-electron chi connectivity index (χ1n) is 32.4. The normalized spacial score (nSPS) is 22.6. The van der Waals surface area contributed by atoms with Gasteiger partial charge >= 0.3 is 11.9 Å². The van der Waals surface area contributed by atoms with Gasteiger partial charge in [-0.3, -0.25) is 9.59 Å². The number of aliphatic hydroxyl groups excluding tert-OH is 1. The van der Waals surface area contributed by atoms with Crippen LogP contribution in [0.25, 0.3) is 87.6 Å². The van der Waals surface area contributed by atoms with Gasteiger partial charge in [0.15, 0.2) is 0 Å². The third kappa shape index (κ3) is 6.94. The van der Waals surface area contributed by atoms with Crippen LogP contribution in [-0.2, 0) is 40.0 Å². The largest absolute Gasteiger partial charge is 0.481 e. The van der Waals surface area contributed by atoms with Crippen molar-refractivity contribution in [1.82, 2.24) is 0 Å². The maximum Gasteiger partial charge on any atom is 0.307 e. The number of hydrogen-bond donors (Lipinski definition) is 2. The summed E-state index contributed by atoms with van der Waals surface area (Å²) in [4.78, 5) is 28.5. The Balaban J connectivity index is 1.05. The average Bonchev–Trinajstić information content (AvgIpc) is 1.83. The van der Waals surface area contributed by atoms with Crippen LogP contribution >= 0.6 is 0 Å². The molecule has 1 saturated heterocycles. The summed E-state index contributed by atoms with van der Waals surface area (Å²) < 4.78 is 7.13. The van der Waals surface area contributed by atoms with Crippen molar-refractivity contribution in [2.24, 2.45) is 0 Å². The molecule has 0 aromatic heterocycles. The number of fused-ring (bicyclic) bond motifs is 14. The number of unbranched alkanes of at least 4 members (excludes halogenated alkanes) is 12. The zero-order valence-corrected chi connectivity index (χ0v) is 48.2. The number of aliphatic carboxylic acids is 1. The highest BCUT2D eigenvalue weighted by Crippen LogP contribution is 2.70. The van der Waals surface area contributed by atoms with Crippen molar-refractivity contribution < 1.29 is 24.5 Å². The van der Waals surface area contributed by atoms with Gasteiger partial charge in [-0.25, -0.2) is 0 Å². The molecule has 2 bridgehead atoms. The van der Waals surface area contributed by atoms with E-state index in [2.05, 4.69) is 100 Å². The van der Waals surface area contributed by atoms with Crippen LogP contribution in [0, 0.1) is 0 Å². The number of carbonyl (C=O) groups excluding carboxylic acids is 1. The van der Waals surface area contributed by atoms with E-state index < -0.39 is 12.1 Å². The van der Waals surface area contributed by atoms with Crippen LogP contribution in [0.1, 0.15) is 258 Å². The number of benzene rings is 8. The number of carboxylic acids is 1. The van der Waals surface area contributed by atoms with E-state index in [0.29, 0.717) is 6.42 Å². The van der Waals surface area contributed by atoms with E-state index in [4.69, 9.17) is 4.74 Å². The molecule has 5 nitrogen and oxygen atoms in total. The summed E-state index contributed by atoms with van der Waals surface area (Å²) in [7, 11) is 0. The molecule has 0 spiro atoms. The molecule has 412 valence electrons. The lowest BCUT2D eigenvalue weighted by Crippen LogP contribution is -2.31. The first-order chi connectivity index (χ1) is 39.8. The molecule has 8 aromatic carbocycles. The summed E-state index contributed by atoms with van der Waals surface area (Å²) in [6.45, 7) is 9.16. The summed E-state index contributed by atoms with van der Waals surface area (Å²) in [5, 5.41) is 35.7. The Labute approximate surface area is 477 Å². The number of esters is 1. The van der Waals surface area contributed by atoms with Gasteiger partial charge in [0.05, 0.1) is 18.9 Å². The van der Waals surface area contributed by atoms with Crippen LogP contribution in [0.15, 0.2) is 72.8 Å². The molecule has 1 fully saturated rings. The van der Waals surface area contributed by atoms with Gasteiger partial charge in [-0.15, -0.1) is 0 Å². The second-order valence-corrected chi connectivity index (χ2v) is 26.5. The van der Waals surface area contributed by atoms with E-state index in [-0.39, 0.29) is 54.0 Å². The molecule has 0 amide bonds. The van der Waals surface area contributed by atoms with Crippen molar-refractivity contribution in [2.45, 2.75) is 217 Å². The highest BCUT2D eigenvalue weighted by atomic mass is 16.5. The summed E-state index contributed by atoms with van der Waals surface area (Å²) in [6, 6.07) is 29.5. The summed E-state index contributed by atoms with van der Waals surface area (Å²) in [5.74, 6) is -1.47. The number of aliphatic hydroxyl groups is 1. The van der Waals surface area contributed by atoms with Crippen LogP contribution in [0.2, 0.25) is 0 Å². The quantitative estimate of drug-likeness (QED) is 0.0522. The second kappa shape index (κ2) is 19.1. The molecule has 5 heteroatoms. The van der Waals surface area contributed by atoms with Gasteiger partial charge in [0, 0.05) is 41.1 Å². The molecule has 0 radical (unpaired) electrons. The van der Waals surface area contributed by atoms with Crippen molar-refractivity contribution >= 4 is 55.0 Å². The van der Waals surface area contributed by atoms with Crippen molar-refractivity contribution in [3.8, 4) is 44.5 Å². The molecule has 6 aliphatic carbocycles. The minimum absolute atomic E-state index is 0.00271. The zero-order valence-electron chi connectivity index (χ0n) is 48.2. The van der Waals surface area contributed by atoms with Crippen molar-refractivity contribution in [3.63, 3.8) is 0 Å². The molecule has 2 aliphatic heterocycles. The number of carbonyl (C=O) groups is 2.